The van der Waals surface area contributed by atoms with Crippen LogP contribution in [0.5, 0.6) is 0 Å². The summed E-state index contributed by atoms with van der Waals surface area (Å²) in [5.74, 6) is -0.339. The zero-order valence-corrected chi connectivity index (χ0v) is 11.4. The Labute approximate surface area is 120 Å². The number of aromatic nitrogens is 4. The molecule has 7 heteroatoms. The average molecular weight is 283 g/mol. The summed E-state index contributed by atoms with van der Waals surface area (Å²) in [6.07, 6.45) is 5.36. The van der Waals surface area contributed by atoms with Gasteiger partial charge in [-0.2, -0.15) is 0 Å². The van der Waals surface area contributed by atoms with E-state index in [4.69, 9.17) is 0 Å². The van der Waals surface area contributed by atoms with E-state index in [2.05, 4.69) is 25.2 Å². The standard InChI is InChI=1S/C14H13N5O2/c1-10-13(18-21-17-10)14(20)16-12-4-2-3-11(7-12)8-19-6-5-15-9-19/h2-7,9H,8H2,1H3,(H,16,20). The number of hydrogen-bond donors (Lipinski definition) is 1. The molecule has 7 nitrogen and oxygen atoms in total. The van der Waals surface area contributed by atoms with Crippen LogP contribution in [-0.2, 0) is 6.54 Å². The van der Waals surface area contributed by atoms with Gasteiger partial charge < -0.3 is 9.88 Å². The predicted octanol–water partition coefficient (Wildman–Crippen LogP) is 1.88. The zero-order valence-electron chi connectivity index (χ0n) is 11.4. The normalized spacial score (nSPS) is 10.5. The van der Waals surface area contributed by atoms with E-state index in [9.17, 15) is 4.79 Å². The first-order chi connectivity index (χ1) is 10.2. The van der Waals surface area contributed by atoms with Crippen LogP contribution < -0.4 is 5.32 Å². The number of carbonyl (C=O) groups is 1. The number of carbonyl (C=O) groups excluding carboxylic acids is 1. The number of rotatable bonds is 4. The van der Waals surface area contributed by atoms with E-state index in [1.165, 1.54) is 0 Å². The summed E-state index contributed by atoms with van der Waals surface area (Å²) in [4.78, 5) is 16.0. The minimum Gasteiger partial charge on any atom is -0.333 e. The Morgan fingerprint density at radius 1 is 1.38 bits per heavy atom. The van der Waals surface area contributed by atoms with Gasteiger partial charge in [-0.25, -0.2) is 9.61 Å². The molecule has 106 valence electrons. The molecule has 2 aromatic heterocycles. The molecule has 1 aromatic carbocycles. The number of imidazole rings is 1. The largest absolute Gasteiger partial charge is 0.333 e. The van der Waals surface area contributed by atoms with Gasteiger partial charge >= 0.3 is 0 Å². The smallest absolute Gasteiger partial charge is 0.279 e. The van der Waals surface area contributed by atoms with Gasteiger partial charge in [-0.15, -0.1) is 0 Å². The van der Waals surface area contributed by atoms with Crippen LogP contribution in [0.25, 0.3) is 0 Å². The molecule has 3 aromatic rings. The van der Waals surface area contributed by atoms with E-state index in [1.807, 2.05) is 35.0 Å². The second kappa shape index (κ2) is 5.58. The van der Waals surface area contributed by atoms with Crippen LogP contribution in [0.2, 0.25) is 0 Å². The van der Waals surface area contributed by atoms with Crippen molar-refractivity contribution < 1.29 is 9.42 Å². The van der Waals surface area contributed by atoms with Crippen molar-refractivity contribution in [3.05, 3.63) is 59.9 Å². The van der Waals surface area contributed by atoms with Crippen LogP contribution in [0.4, 0.5) is 5.69 Å². The average Bonchev–Trinajstić information content (AvgIpc) is 3.10. The number of nitrogens with one attached hydrogen (secondary N) is 1. The fraction of sp³-hybridized carbons (Fsp3) is 0.143. The van der Waals surface area contributed by atoms with Crippen molar-refractivity contribution in [2.24, 2.45) is 0 Å². The summed E-state index contributed by atoms with van der Waals surface area (Å²) in [5, 5.41) is 9.95. The fourth-order valence-corrected chi connectivity index (χ4v) is 1.97. The van der Waals surface area contributed by atoms with Crippen molar-refractivity contribution in [3.8, 4) is 0 Å². The maximum atomic E-state index is 12.0. The lowest BCUT2D eigenvalue weighted by atomic mass is 10.2. The lowest BCUT2D eigenvalue weighted by molar-refractivity contribution is 0.101. The summed E-state index contributed by atoms with van der Waals surface area (Å²) < 4.78 is 6.48. The highest BCUT2D eigenvalue weighted by Gasteiger charge is 2.15. The van der Waals surface area contributed by atoms with Crippen molar-refractivity contribution in [1.82, 2.24) is 19.9 Å². The lowest BCUT2D eigenvalue weighted by Gasteiger charge is -2.07. The number of hydrogen-bond acceptors (Lipinski definition) is 5. The summed E-state index contributed by atoms with van der Waals surface area (Å²) in [5.41, 5.74) is 2.40. The molecule has 0 atom stereocenters. The molecular weight excluding hydrogens is 270 g/mol. The second-order valence-electron chi connectivity index (χ2n) is 4.59. The van der Waals surface area contributed by atoms with Crippen LogP contribution in [0.1, 0.15) is 21.7 Å². The number of nitrogens with zero attached hydrogens (tertiary/aromatic N) is 4. The van der Waals surface area contributed by atoms with Gasteiger partial charge in [0.1, 0.15) is 5.69 Å². The Kier molecular flexibility index (Phi) is 3.46. The van der Waals surface area contributed by atoms with Gasteiger partial charge in [0.25, 0.3) is 5.91 Å². The van der Waals surface area contributed by atoms with E-state index in [0.717, 1.165) is 5.56 Å². The molecule has 0 aliphatic carbocycles. The SMILES string of the molecule is Cc1nonc1C(=O)Nc1cccc(Cn2ccnc2)c1. The maximum Gasteiger partial charge on any atom is 0.279 e. The fourth-order valence-electron chi connectivity index (χ4n) is 1.97. The second-order valence-corrected chi connectivity index (χ2v) is 4.59. The molecule has 0 unspecified atom stereocenters. The van der Waals surface area contributed by atoms with Crippen molar-refractivity contribution in [3.63, 3.8) is 0 Å². The van der Waals surface area contributed by atoms with Gasteiger partial charge in [-0.05, 0) is 29.8 Å². The lowest BCUT2D eigenvalue weighted by Crippen LogP contribution is -2.13. The first-order valence-electron chi connectivity index (χ1n) is 6.37. The van der Waals surface area contributed by atoms with E-state index >= 15 is 0 Å². The molecule has 0 saturated heterocycles. The first-order valence-corrected chi connectivity index (χ1v) is 6.37. The summed E-state index contributed by atoms with van der Waals surface area (Å²) >= 11 is 0. The Bertz CT molecular complexity index is 748. The summed E-state index contributed by atoms with van der Waals surface area (Å²) in [6.45, 7) is 2.36. The minimum atomic E-state index is -0.339. The van der Waals surface area contributed by atoms with Crippen molar-refractivity contribution in [2.45, 2.75) is 13.5 Å². The number of benzene rings is 1. The van der Waals surface area contributed by atoms with E-state index in [-0.39, 0.29) is 11.6 Å². The molecule has 21 heavy (non-hydrogen) atoms. The molecule has 0 aliphatic heterocycles. The molecule has 0 saturated carbocycles. The van der Waals surface area contributed by atoms with Crippen LogP contribution in [0.15, 0.2) is 47.6 Å². The highest BCUT2D eigenvalue weighted by atomic mass is 16.6. The molecule has 0 bridgehead atoms. The molecule has 0 aliphatic rings. The van der Waals surface area contributed by atoms with Gasteiger partial charge in [0.2, 0.25) is 0 Å². The quantitative estimate of drug-likeness (QED) is 0.790. The Balaban J connectivity index is 1.74. The molecular formula is C14H13N5O2. The van der Waals surface area contributed by atoms with Gasteiger partial charge in [0.05, 0.1) is 6.33 Å². The monoisotopic (exact) mass is 283 g/mol. The Morgan fingerprint density at radius 2 is 2.29 bits per heavy atom. The van der Waals surface area contributed by atoms with Crippen molar-refractivity contribution >= 4 is 11.6 Å². The topological polar surface area (TPSA) is 85.8 Å². The van der Waals surface area contributed by atoms with Gasteiger partial charge in [-0.3, -0.25) is 4.79 Å². The molecule has 1 amide bonds. The molecule has 1 N–H and O–H groups in total. The van der Waals surface area contributed by atoms with Crippen LogP contribution in [0, 0.1) is 6.92 Å². The number of amides is 1. The van der Waals surface area contributed by atoms with E-state index in [0.29, 0.717) is 17.9 Å². The maximum absolute atomic E-state index is 12.0. The number of anilines is 1. The first kappa shape index (κ1) is 13.0. The minimum absolute atomic E-state index is 0.190. The van der Waals surface area contributed by atoms with Gasteiger partial charge in [-0.1, -0.05) is 17.3 Å². The molecule has 0 fully saturated rings. The van der Waals surface area contributed by atoms with Gasteiger partial charge in [0, 0.05) is 24.6 Å². The highest BCUT2D eigenvalue weighted by molar-refractivity contribution is 6.03. The van der Waals surface area contributed by atoms with Crippen LogP contribution in [-0.4, -0.2) is 25.8 Å². The number of aryl methyl sites for hydroxylation is 1. The third kappa shape index (κ3) is 2.97. The highest BCUT2D eigenvalue weighted by Crippen LogP contribution is 2.13. The van der Waals surface area contributed by atoms with Crippen LogP contribution >= 0.6 is 0 Å². The zero-order chi connectivity index (χ0) is 14.7. The molecule has 0 radical (unpaired) electrons. The molecule has 2 heterocycles. The van der Waals surface area contributed by atoms with E-state index < -0.39 is 0 Å². The summed E-state index contributed by atoms with van der Waals surface area (Å²) in [6, 6.07) is 7.59. The van der Waals surface area contributed by atoms with E-state index in [1.54, 1.807) is 19.4 Å². The Hall–Kier alpha value is -2.96. The third-order valence-electron chi connectivity index (χ3n) is 2.98. The Morgan fingerprint density at radius 3 is 3.00 bits per heavy atom. The van der Waals surface area contributed by atoms with Crippen molar-refractivity contribution in [1.29, 1.82) is 0 Å². The van der Waals surface area contributed by atoms with Crippen LogP contribution in [0.3, 0.4) is 0 Å². The summed E-state index contributed by atoms with van der Waals surface area (Å²) in [7, 11) is 0. The predicted molar refractivity (Wildman–Crippen MR) is 74.8 cm³/mol. The molecule has 0 spiro atoms. The molecule has 3 rings (SSSR count). The third-order valence-corrected chi connectivity index (χ3v) is 2.98. The van der Waals surface area contributed by atoms with Gasteiger partial charge in [0.15, 0.2) is 5.69 Å². The van der Waals surface area contributed by atoms with Crippen molar-refractivity contribution in [2.75, 3.05) is 5.32 Å².